The second-order valence-electron chi connectivity index (χ2n) is 5.46. The number of halogens is 1. The lowest BCUT2D eigenvalue weighted by Crippen LogP contribution is -2.19. The van der Waals surface area contributed by atoms with Gasteiger partial charge in [0.1, 0.15) is 5.75 Å². The van der Waals surface area contributed by atoms with Gasteiger partial charge in [0.05, 0.1) is 10.6 Å². The first kappa shape index (κ1) is 16.6. The molecular formula is C18H15ClN2O2S. The third kappa shape index (κ3) is 3.63. The summed E-state index contributed by atoms with van der Waals surface area (Å²) >= 11 is 7.22. The molecule has 1 heterocycles. The Labute approximate surface area is 149 Å². The number of carbonyl (C=O) groups is 1. The van der Waals surface area contributed by atoms with Crippen molar-refractivity contribution in [2.75, 3.05) is 0 Å². The summed E-state index contributed by atoms with van der Waals surface area (Å²) in [6.45, 7) is 3.66. The van der Waals surface area contributed by atoms with Gasteiger partial charge in [-0.25, -0.2) is 4.99 Å². The van der Waals surface area contributed by atoms with E-state index in [1.807, 2.05) is 38.1 Å². The van der Waals surface area contributed by atoms with E-state index in [0.717, 1.165) is 16.7 Å². The van der Waals surface area contributed by atoms with Crippen molar-refractivity contribution in [2.45, 2.75) is 13.8 Å². The molecule has 24 heavy (non-hydrogen) atoms. The smallest absolute Gasteiger partial charge is 0.264 e. The molecule has 0 aliphatic carbocycles. The molecule has 0 unspecified atom stereocenters. The van der Waals surface area contributed by atoms with E-state index in [2.05, 4.69) is 10.3 Å². The molecule has 0 saturated carbocycles. The highest BCUT2D eigenvalue weighted by Crippen LogP contribution is 2.30. The Kier molecular flexibility index (Phi) is 4.64. The number of thioether (sulfide) groups is 1. The van der Waals surface area contributed by atoms with Crippen LogP contribution in [0.15, 0.2) is 46.3 Å². The van der Waals surface area contributed by atoms with E-state index < -0.39 is 0 Å². The van der Waals surface area contributed by atoms with Gasteiger partial charge in [-0.1, -0.05) is 17.7 Å². The Bertz CT molecular complexity index is 867. The number of rotatable bonds is 2. The Morgan fingerprint density at radius 3 is 2.58 bits per heavy atom. The summed E-state index contributed by atoms with van der Waals surface area (Å²) in [6, 6.07) is 10.8. The van der Waals surface area contributed by atoms with E-state index in [9.17, 15) is 9.90 Å². The zero-order chi connectivity index (χ0) is 17.3. The lowest BCUT2D eigenvalue weighted by atomic mass is 10.1. The maximum Gasteiger partial charge on any atom is 0.264 e. The summed E-state index contributed by atoms with van der Waals surface area (Å²) in [5.74, 6) is 0.0908. The minimum Gasteiger partial charge on any atom is -0.507 e. The van der Waals surface area contributed by atoms with Gasteiger partial charge in [-0.05, 0) is 78.7 Å². The zero-order valence-electron chi connectivity index (χ0n) is 13.1. The van der Waals surface area contributed by atoms with E-state index in [4.69, 9.17) is 11.6 Å². The predicted molar refractivity (Wildman–Crippen MR) is 99.8 cm³/mol. The van der Waals surface area contributed by atoms with Crippen molar-refractivity contribution >= 4 is 46.2 Å². The number of phenolic OH excluding ortho intramolecular Hbond substituents is 1. The Balaban J connectivity index is 1.87. The fourth-order valence-corrected chi connectivity index (χ4v) is 3.39. The number of aromatic hydroxyl groups is 1. The van der Waals surface area contributed by atoms with Crippen molar-refractivity contribution < 1.29 is 9.90 Å². The summed E-state index contributed by atoms with van der Waals surface area (Å²) in [7, 11) is 0. The van der Waals surface area contributed by atoms with Crippen LogP contribution >= 0.6 is 23.4 Å². The van der Waals surface area contributed by atoms with Crippen LogP contribution in [-0.4, -0.2) is 16.2 Å². The number of benzene rings is 2. The molecule has 1 amide bonds. The van der Waals surface area contributed by atoms with E-state index in [0.29, 0.717) is 20.8 Å². The topological polar surface area (TPSA) is 61.7 Å². The quantitative estimate of drug-likeness (QED) is 0.774. The number of carbonyl (C=O) groups excluding carboxylic acids is 1. The number of nitrogens with one attached hydrogen (secondary N) is 1. The molecule has 3 rings (SSSR count). The molecule has 0 radical (unpaired) electrons. The summed E-state index contributed by atoms with van der Waals surface area (Å²) in [6.07, 6.45) is 1.79. The Hall–Kier alpha value is -2.24. The SMILES string of the molecule is Cc1cc(C=C2SC(=Nc3cccc(Cl)c3)NC2=O)cc(C)c1O. The molecule has 2 aromatic carbocycles. The largest absolute Gasteiger partial charge is 0.507 e. The van der Waals surface area contributed by atoms with Crippen molar-refractivity contribution in [1.82, 2.24) is 5.32 Å². The van der Waals surface area contributed by atoms with Crippen LogP contribution in [0.4, 0.5) is 5.69 Å². The molecule has 0 spiro atoms. The van der Waals surface area contributed by atoms with Crippen LogP contribution in [-0.2, 0) is 4.79 Å². The van der Waals surface area contributed by atoms with E-state index in [1.54, 1.807) is 18.2 Å². The number of aryl methyl sites for hydroxylation is 2. The zero-order valence-corrected chi connectivity index (χ0v) is 14.7. The average Bonchev–Trinajstić information content (AvgIpc) is 2.84. The fourth-order valence-electron chi connectivity index (χ4n) is 2.37. The highest BCUT2D eigenvalue weighted by atomic mass is 35.5. The van der Waals surface area contributed by atoms with Crippen molar-refractivity contribution in [3.05, 3.63) is 63.0 Å². The van der Waals surface area contributed by atoms with Crippen LogP contribution in [0.3, 0.4) is 0 Å². The van der Waals surface area contributed by atoms with E-state index in [-0.39, 0.29) is 11.7 Å². The molecule has 1 saturated heterocycles. The minimum absolute atomic E-state index is 0.191. The first-order chi connectivity index (χ1) is 11.4. The monoisotopic (exact) mass is 358 g/mol. The Morgan fingerprint density at radius 1 is 1.21 bits per heavy atom. The average molecular weight is 359 g/mol. The van der Waals surface area contributed by atoms with Gasteiger partial charge in [0.2, 0.25) is 0 Å². The summed E-state index contributed by atoms with van der Waals surface area (Å²) in [5, 5.41) is 13.7. The molecule has 0 aromatic heterocycles. The van der Waals surface area contributed by atoms with Crippen molar-refractivity contribution in [2.24, 2.45) is 4.99 Å². The molecule has 1 fully saturated rings. The van der Waals surface area contributed by atoms with Crippen LogP contribution in [0, 0.1) is 13.8 Å². The molecule has 0 atom stereocenters. The number of aliphatic imine (C=N–C) groups is 1. The van der Waals surface area contributed by atoms with Crippen molar-refractivity contribution in [3.63, 3.8) is 0 Å². The molecule has 1 aliphatic heterocycles. The third-order valence-electron chi connectivity index (χ3n) is 3.50. The van der Waals surface area contributed by atoms with E-state index in [1.165, 1.54) is 11.8 Å². The van der Waals surface area contributed by atoms with E-state index >= 15 is 0 Å². The molecular weight excluding hydrogens is 344 g/mol. The number of hydrogen-bond donors (Lipinski definition) is 2. The van der Waals surface area contributed by atoms with Crippen LogP contribution in [0.2, 0.25) is 5.02 Å². The molecule has 2 aromatic rings. The maximum absolute atomic E-state index is 12.1. The van der Waals surface area contributed by atoms with Crippen LogP contribution in [0.5, 0.6) is 5.75 Å². The van der Waals surface area contributed by atoms with Crippen LogP contribution < -0.4 is 5.32 Å². The highest BCUT2D eigenvalue weighted by Gasteiger charge is 2.24. The molecule has 1 aliphatic rings. The van der Waals surface area contributed by atoms with Gasteiger partial charge in [-0.2, -0.15) is 0 Å². The first-order valence-electron chi connectivity index (χ1n) is 7.28. The lowest BCUT2D eigenvalue weighted by Gasteiger charge is -2.05. The molecule has 2 N–H and O–H groups in total. The van der Waals surface area contributed by atoms with Gasteiger partial charge in [0, 0.05) is 5.02 Å². The highest BCUT2D eigenvalue weighted by molar-refractivity contribution is 8.18. The summed E-state index contributed by atoms with van der Waals surface area (Å²) in [4.78, 5) is 17.1. The second kappa shape index (κ2) is 6.71. The lowest BCUT2D eigenvalue weighted by molar-refractivity contribution is -0.115. The van der Waals surface area contributed by atoms with Gasteiger partial charge in [0.25, 0.3) is 5.91 Å². The normalized spacial score (nSPS) is 17.5. The number of amidine groups is 1. The molecule has 0 bridgehead atoms. The van der Waals surface area contributed by atoms with Gasteiger partial charge in [-0.15, -0.1) is 0 Å². The maximum atomic E-state index is 12.1. The molecule has 4 nitrogen and oxygen atoms in total. The van der Waals surface area contributed by atoms with Gasteiger partial charge >= 0.3 is 0 Å². The van der Waals surface area contributed by atoms with Crippen molar-refractivity contribution in [1.29, 1.82) is 0 Å². The van der Waals surface area contributed by atoms with Gasteiger partial charge in [0.15, 0.2) is 5.17 Å². The number of nitrogens with zero attached hydrogens (tertiary/aromatic N) is 1. The molecule has 122 valence electrons. The predicted octanol–water partition coefficient (Wildman–Crippen LogP) is 4.55. The third-order valence-corrected chi connectivity index (χ3v) is 4.65. The summed E-state index contributed by atoms with van der Waals surface area (Å²) < 4.78 is 0. The molecule has 6 heteroatoms. The van der Waals surface area contributed by atoms with Crippen molar-refractivity contribution in [3.8, 4) is 5.75 Å². The van der Waals surface area contributed by atoms with Gasteiger partial charge in [-0.3, -0.25) is 4.79 Å². The van der Waals surface area contributed by atoms with Crippen LogP contribution in [0.25, 0.3) is 6.08 Å². The van der Waals surface area contributed by atoms with Crippen LogP contribution in [0.1, 0.15) is 16.7 Å². The summed E-state index contributed by atoms with van der Waals surface area (Å²) in [5.41, 5.74) is 3.10. The van der Waals surface area contributed by atoms with Gasteiger partial charge < -0.3 is 10.4 Å². The fraction of sp³-hybridized carbons (Fsp3) is 0.111. The second-order valence-corrected chi connectivity index (χ2v) is 6.93. The number of phenols is 1. The standard InChI is InChI=1S/C18H15ClN2O2S/c1-10-6-12(7-11(2)16(10)22)8-15-17(23)21-18(24-15)20-14-5-3-4-13(19)9-14/h3-9,22H,1-2H3,(H,20,21,23). The number of hydrogen-bond acceptors (Lipinski definition) is 4. The first-order valence-corrected chi connectivity index (χ1v) is 8.47. The minimum atomic E-state index is -0.191. The number of amides is 1. The Morgan fingerprint density at radius 2 is 1.92 bits per heavy atom.